The van der Waals surface area contributed by atoms with Gasteiger partial charge < -0.3 is 0 Å². The van der Waals surface area contributed by atoms with Gasteiger partial charge in [-0.15, -0.1) is 0 Å². The van der Waals surface area contributed by atoms with Gasteiger partial charge in [0.05, 0.1) is 0 Å². The molecule has 0 fully saturated rings. The quantitative estimate of drug-likeness (QED) is 0.101. The van der Waals surface area contributed by atoms with Gasteiger partial charge in [0.2, 0.25) is 0 Å². The molecule has 0 saturated heterocycles. The van der Waals surface area contributed by atoms with E-state index >= 15 is 0 Å². The van der Waals surface area contributed by atoms with E-state index in [9.17, 15) is 87.8 Å². The van der Waals surface area contributed by atoms with Gasteiger partial charge in [0.15, 0.2) is 0 Å². The maximum Gasteiger partial charge on any atom is 0.385 e. The van der Waals surface area contributed by atoms with Gasteiger partial charge in [0.1, 0.15) is 0 Å². The number of halogens is 20. The normalized spacial score (nSPS) is 16.0. The molecule has 0 aromatic heterocycles. The molecule has 0 bridgehead atoms. The van der Waals surface area contributed by atoms with Crippen molar-refractivity contribution in [2.75, 3.05) is 0 Å². The minimum atomic E-state index is -8.97. The van der Waals surface area contributed by atoms with Crippen LogP contribution in [0.3, 0.4) is 0 Å². The molecule has 0 aliphatic carbocycles. The third-order valence-electron chi connectivity index (χ3n) is 6.31. The Labute approximate surface area is 226 Å². The van der Waals surface area contributed by atoms with Gasteiger partial charge in [-0.25, -0.2) is 0 Å². The summed E-state index contributed by atoms with van der Waals surface area (Å²) in [6, 6.07) is 0. The summed E-state index contributed by atoms with van der Waals surface area (Å²) >= 11 is 0. The summed E-state index contributed by atoms with van der Waals surface area (Å²) in [6.07, 6.45) is -7.15. The lowest BCUT2D eigenvalue weighted by Gasteiger charge is -2.45. The lowest BCUT2D eigenvalue weighted by molar-refractivity contribution is -0.469. The summed E-state index contributed by atoms with van der Waals surface area (Å²) in [4.78, 5) is 0. The molecule has 0 amide bonds. The minimum Gasteiger partial charge on any atom is -0.200 e. The zero-order chi connectivity index (χ0) is 34.2. The van der Waals surface area contributed by atoms with Gasteiger partial charge in [-0.3, -0.25) is 0 Å². The Morgan fingerprint density at radius 3 is 0.905 bits per heavy atom. The van der Waals surface area contributed by atoms with Crippen LogP contribution in [0.25, 0.3) is 0 Å². The second kappa shape index (κ2) is 12.2. The zero-order valence-corrected chi connectivity index (χ0v) is 21.8. The molecular formula is C22H26F20. The van der Waals surface area contributed by atoms with Crippen molar-refractivity contribution in [3.05, 3.63) is 0 Å². The number of hydrogen-bond acceptors (Lipinski definition) is 0. The van der Waals surface area contributed by atoms with Crippen molar-refractivity contribution in [3.8, 4) is 0 Å². The monoisotopic (exact) mass is 670 g/mol. The molecule has 0 aromatic rings. The molecule has 0 N–H and O–H groups in total. The summed E-state index contributed by atoms with van der Waals surface area (Å²) in [6.45, 7) is 3.51. The highest BCUT2D eigenvalue weighted by atomic mass is 19.4. The van der Waals surface area contributed by atoms with Gasteiger partial charge in [-0.2, -0.15) is 87.8 Å². The number of alkyl halides is 20. The summed E-state index contributed by atoms with van der Waals surface area (Å²) in [7, 11) is 0. The SMILES string of the molecule is CCCCCCCC(F)(F)C(F)(F)C(F)(F)C(F)(F)C(F)(F)C(F)(F)C(F)(F)C(F)(F)C(F)(F)C(F)(F)CCC(C)C. The lowest BCUT2D eigenvalue weighted by Crippen LogP contribution is -2.77. The molecular weight excluding hydrogens is 644 g/mol. The van der Waals surface area contributed by atoms with Crippen LogP contribution in [0.15, 0.2) is 0 Å². The van der Waals surface area contributed by atoms with Crippen molar-refractivity contribution in [3.63, 3.8) is 0 Å². The van der Waals surface area contributed by atoms with Crippen LogP contribution in [0.1, 0.15) is 72.1 Å². The predicted molar refractivity (Wildman–Crippen MR) is 107 cm³/mol. The van der Waals surface area contributed by atoms with Gasteiger partial charge in [-0.05, 0) is 18.8 Å². The van der Waals surface area contributed by atoms with Crippen LogP contribution in [0.4, 0.5) is 87.8 Å². The van der Waals surface area contributed by atoms with Crippen molar-refractivity contribution >= 4 is 0 Å². The van der Waals surface area contributed by atoms with E-state index in [0.29, 0.717) is 6.42 Å². The first kappa shape index (κ1) is 40.6. The Balaban J connectivity index is 6.76. The zero-order valence-electron chi connectivity index (χ0n) is 21.8. The molecule has 0 spiro atoms. The van der Waals surface area contributed by atoms with Gasteiger partial charge in [-0.1, -0.05) is 46.5 Å². The maximum absolute atomic E-state index is 13.9. The molecule has 0 nitrogen and oxygen atoms in total. The Morgan fingerprint density at radius 1 is 0.357 bits per heavy atom. The highest BCUT2D eigenvalue weighted by Gasteiger charge is 2.97. The van der Waals surface area contributed by atoms with Crippen molar-refractivity contribution in [2.24, 2.45) is 5.92 Å². The molecule has 254 valence electrons. The molecule has 0 aliphatic heterocycles. The van der Waals surface area contributed by atoms with Crippen LogP contribution in [-0.2, 0) is 0 Å². The van der Waals surface area contributed by atoms with Gasteiger partial charge in [0, 0.05) is 12.8 Å². The Hall–Kier alpha value is -1.40. The number of hydrogen-bond donors (Lipinski definition) is 0. The van der Waals surface area contributed by atoms with E-state index in [1.165, 1.54) is 0 Å². The summed E-state index contributed by atoms with van der Waals surface area (Å²) in [5.41, 5.74) is 0. The third kappa shape index (κ3) is 6.23. The van der Waals surface area contributed by atoms with Crippen molar-refractivity contribution in [1.29, 1.82) is 0 Å². The Morgan fingerprint density at radius 2 is 0.619 bits per heavy atom. The van der Waals surface area contributed by atoms with Crippen LogP contribution in [-0.4, -0.2) is 59.2 Å². The fourth-order valence-electron chi connectivity index (χ4n) is 3.38. The van der Waals surface area contributed by atoms with Crippen LogP contribution < -0.4 is 0 Å². The molecule has 0 radical (unpaired) electrons. The van der Waals surface area contributed by atoms with E-state index in [1.54, 1.807) is 6.92 Å². The minimum absolute atomic E-state index is 0.0144. The molecule has 0 rings (SSSR count). The molecule has 0 aliphatic rings. The Bertz CT molecular complexity index is 873. The summed E-state index contributed by atoms with van der Waals surface area (Å²) in [5, 5.41) is 0. The molecule has 0 saturated carbocycles. The first-order valence-corrected chi connectivity index (χ1v) is 12.0. The molecule has 0 atom stereocenters. The average molecular weight is 670 g/mol. The van der Waals surface area contributed by atoms with Crippen molar-refractivity contribution in [2.45, 2.75) is 131 Å². The van der Waals surface area contributed by atoms with E-state index in [4.69, 9.17) is 0 Å². The van der Waals surface area contributed by atoms with E-state index in [1.807, 2.05) is 0 Å². The van der Waals surface area contributed by atoms with Crippen LogP contribution in [0.2, 0.25) is 0 Å². The largest absolute Gasteiger partial charge is 0.385 e. The van der Waals surface area contributed by atoms with E-state index in [2.05, 4.69) is 0 Å². The summed E-state index contributed by atoms with van der Waals surface area (Å²) < 4.78 is 277. The average Bonchev–Trinajstić information content (AvgIpc) is 2.81. The first-order valence-electron chi connectivity index (χ1n) is 12.0. The molecule has 0 unspecified atom stereocenters. The smallest absolute Gasteiger partial charge is 0.200 e. The second-order valence-corrected chi connectivity index (χ2v) is 10.1. The lowest BCUT2D eigenvalue weighted by atomic mass is 9.84. The van der Waals surface area contributed by atoms with Crippen LogP contribution in [0.5, 0.6) is 0 Å². The van der Waals surface area contributed by atoms with E-state index in [0.717, 1.165) is 13.8 Å². The molecule has 20 heteroatoms. The third-order valence-corrected chi connectivity index (χ3v) is 6.31. The summed E-state index contributed by atoms with van der Waals surface area (Å²) in [5.74, 6) is -82.0. The van der Waals surface area contributed by atoms with Gasteiger partial charge in [0.25, 0.3) is 0 Å². The topological polar surface area (TPSA) is 0 Å². The van der Waals surface area contributed by atoms with Crippen molar-refractivity contribution < 1.29 is 87.8 Å². The fourth-order valence-corrected chi connectivity index (χ4v) is 3.38. The highest BCUT2D eigenvalue weighted by molar-refractivity contribution is 5.18. The van der Waals surface area contributed by atoms with Gasteiger partial charge >= 0.3 is 59.2 Å². The second-order valence-electron chi connectivity index (χ2n) is 10.1. The fraction of sp³-hybridized carbons (Fsp3) is 1.00. The number of rotatable bonds is 18. The molecule has 42 heavy (non-hydrogen) atoms. The highest BCUT2D eigenvalue weighted by Crippen LogP contribution is 2.66. The van der Waals surface area contributed by atoms with E-state index < -0.39 is 97.2 Å². The number of unbranched alkanes of at least 4 members (excludes halogenated alkanes) is 4. The predicted octanol–water partition coefficient (Wildman–Crippen LogP) is 11.1. The Kier molecular flexibility index (Phi) is 11.8. The van der Waals surface area contributed by atoms with E-state index in [-0.39, 0.29) is 12.8 Å². The van der Waals surface area contributed by atoms with Crippen molar-refractivity contribution in [1.82, 2.24) is 0 Å². The molecule has 0 aromatic carbocycles. The first-order chi connectivity index (χ1) is 18.2. The van der Waals surface area contributed by atoms with Crippen LogP contribution in [0, 0.1) is 5.92 Å². The van der Waals surface area contributed by atoms with Crippen LogP contribution >= 0.6 is 0 Å². The standard InChI is InChI=1S/C22H26F20/c1-4-5-6-7-8-10-13(23,24)15(27,28)17(31,32)19(35,36)21(39,40)22(41,42)20(37,38)18(33,34)16(29,30)14(25,26)11-9-12(2)3/h12H,4-11H2,1-3H3. The maximum atomic E-state index is 13.9. The molecule has 0 heterocycles.